The second kappa shape index (κ2) is 6.68. The Balaban J connectivity index is 2.44. The van der Waals surface area contributed by atoms with Crippen LogP contribution in [0.2, 0.25) is 0 Å². The first-order valence-electron chi connectivity index (χ1n) is 6.62. The summed E-state index contributed by atoms with van der Waals surface area (Å²) >= 11 is 5.43. The van der Waals surface area contributed by atoms with E-state index in [1.54, 1.807) is 7.11 Å². The SMILES string of the molecule is CCCC(COC)n1c(-c2ccccc2)c[nH]c1=S. The smallest absolute Gasteiger partial charge is 0.177 e. The van der Waals surface area contributed by atoms with E-state index in [0.29, 0.717) is 6.61 Å². The fraction of sp³-hybridized carbons (Fsp3) is 0.400. The lowest BCUT2D eigenvalue weighted by Crippen LogP contribution is -2.15. The van der Waals surface area contributed by atoms with Crippen LogP contribution in [0.1, 0.15) is 25.8 Å². The van der Waals surface area contributed by atoms with Crippen molar-refractivity contribution in [2.75, 3.05) is 13.7 Å². The monoisotopic (exact) mass is 276 g/mol. The molecule has 1 heterocycles. The van der Waals surface area contributed by atoms with Gasteiger partial charge in [-0.1, -0.05) is 43.7 Å². The Bertz CT molecular complexity index is 553. The van der Waals surface area contributed by atoms with Gasteiger partial charge in [-0.25, -0.2) is 0 Å². The van der Waals surface area contributed by atoms with Crippen molar-refractivity contribution in [2.24, 2.45) is 0 Å². The number of hydrogen-bond donors (Lipinski definition) is 1. The summed E-state index contributed by atoms with van der Waals surface area (Å²) in [6.07, 6.45) is 4.14. The summed E-state index contributed by atoms with van der Waals surface area (Å²) in [6, 6.07) is 10.6. The van der Waals surface area contributed by atoms with Crippen LogP contribution in [0.15, 0.2) is 36.5 Å². The minimum absolute atomic E-state index is 0.281. The minimum atomic E-state index is 0.281. The molecule has 1 N–H and O–H groups in total. The Hall–Kier alpha value is -1.39. The lowest BCUT2D eigenvalue weighted by Gasteiger charge is -2.20. The van der Waals surface area contributed by atoms with Gasteiger partial charge in [-0.2, -0.15) is 0 Å². The molecule has 3 nitrogen and oxygen atoms in total. The Kier molecular flexibility index (Phi) is 4.93. The summed E-state index contributed by atoms with van der Waals surface area (Å²) in [5.74, 6) is 0. The van der Waals surface area contributed by atoms with Crippen LogP contribution in [0.4, 0.5) is 0 Å². The number of nitrogens with one attached hydrogen (secondary N) is 1. The zero-order valence-corrected chi connectivity index (χ0v) is 12.2. The topological polar surface area (TPSA) is 29.9 Å². The number of ether oxygens (including phenoxy) is 1. The average Bonchev–Trinajstić information content (AvgIpc) is 2.81. The molecule has 4 heteroatoms. The van der Waals surface area contributed by atoms with Gasteiger partial charge < -0.3 is 14.3 Å². The first kappa shape index (κ1) is 14.0. The van der Waals surface area contributed by atoms with Crippen molar-refractivity contribution in [1.29, 1.82) is 0 Å². The van der Waals surface area contributed by atoms with Gasteiger partial charge in [-0.15, -0.1) is 0 Å². The molecule has 0 saturated heterocycles. The van der Waals surface area contributed by atoms with Gasteiger partial charge in [0.15, 0.2) is 4.77 Å². The molecule has 0 aliphatic heterocycles. The van der Waals surface area contributed by atoms with Crippen molar-refractivity contribution in [1.82, 2.24) is 9.55 Å². The zero-order chi connectivity index (χ0) is 13.7. The molecule has 0 amide bonds. The molecule has 0 spiro atoms. The number of rotatable bonds is 6. The van der Waals surface area contributed by atoms with Gasteiger partial charge in [-0.3, -0.25) is 0 Å². The van der Waals surface area contributed by atoms with E-state index in [0.717, 1.165) is 23.3 Å². The maximum Gasteiger partial charge on any atom is 0.177 e. The molecule has 1 atom stereocenters. The van der Waals surface area contributed by atoms with E-state index < -0.39 is 0 Å². The third-order valence-electron chi connectivity index (χ3n) is 3.23. The van der Waals surface area contributed by atoms with E-state index in [9.17, 15) is 0 Å². The summed E-state index contributed by atoms with van der Waals surface area (Å²) in [5, 5.41) is 0. The van der Waals surface area contributed by atoms with Gasteiger partial charge in [0.25, 0.3) is 0 Å². The number of benzene rings is 1. The van der Waals surface area contributed by atoms with E-state index in [4.69, 9.17) is 17.0 Å². The number of aromatic amines is 1. The number of hydrogen-bond acceptors (Lipinski definition) is 2. The first-order chi connectivity index (χ1) is 9.27. The summed E-state index contributed by atoms with van der Waals surface area (Å²) in [6.45, 7) is 2.86. The van der Waals surface area contributed by atoms with Crippen molar-refractivity contribution in [3.05, 3.63) is 41.3 Å². The Morgan fingerprint density at radius 1 is 1.32 bits per heavy atom. The molecule has 19 heavy (non-hydrogen) atoms. The quantitative estimate of drug-likeness (QED) is 0.801. The van der Waals surface area contributed by atoms with Crippen molar-refractivity contribution in [3.8, 4) is 11.3 Å². The summed E-state index contributed by atoms with van der Waals surface area (Å²) in [7, 11) is 1.74. The molecule has 102 valence electrons. The van der Waals surface area contributed by atoms with E-state index in [2.05, 4.69) is 28.6 Å². The summed E-state index contributed by atoms with van der Waals surface area (Å²) in [5.41, 5.74) is 2.30. The fourth-order valence-electron chi connectivity index (χ4n) is 2.39. The largest absolute Gasteiger partial charge is 0.383 e. The first-order valence-corrected chi connectivity index (χ1v) is 7.03. The molecule has 1 unspecified atom stereocenters. The molecular weight excluding hydrogens is 256 g/mol. The minimum Gasteiger partial charge on any atom is -0.383 e. The maximum absolute atomic E-state index is 5.43. The lowest BCUT2D eigenvalue weighted by molar-refractivity contribution is 0.150. The molecule has 0 radical (unpaired) electrons. The predicted molar refractivity (Wildman–Crippen MR) is 80.9 cm³/mol. The van der Waals surface area contributed by atoms with Crippen LogP contribution in [0.5, 0.6) is 0 Å². The number of aromatic nitrogens is 2. The van der Waals surface area contributed by atoms with Crippen LogP contribution >= 0.6 is 12.2 Å². The van der Waals surface area contributed by atoms with Crippen LogP contribution in [0.3, 0.4) is 0 Å². The van der Waals surface area contributed by atoms with Crippen molar-refractivity contribution < 1.29 is 4.74 Å². The van der Waals surface area contributed by atoms with Crippen molar-refractivity contribution in [2.45, 2.75) is 25.8 Å². The molecule has 0 saturated carbocycles. The van der Waals surface area contributed by atoms with Crippen LogP contribution in [-0.2, 0) is 4.74 Å². The molecule has 2 aromatic rings. The van der Waals surface area contributed by atoms with Gasteiger partial charge >= 0.3 is 0 Å². The summed E-state index contributed by atoms with van der Waals surface area (Å²) in [4.78, 5) is 3.16. The predicted octanol–water partition coefficient (Wildman–Crippen LogP) is 4.20. The highest BCUT2D eigenvalue weighted by Crippen LogP contribution is 2.25. The molecular formula is C15H20N2OS. The Labute approximate surface area is 119 Å². The Morgan fingerprint density at radius 2 is 2.05 bits per heavy atom. The van der Waals surface area contributed by atoms with Crippen LogP contribution in [0, 0.1) is 4.77 Å². The van der Waals surface area contributed by atoms with Gasteiger partial charge in [0.1, 0.15) is 0 Å². The van der Waals surface area contributed by atoms with Gasteiger partial charge in [-0.05, 0) is 24.2 Å². The van der Waals surface area contributed by atoms with E-state index in [1.807, 2.05) is 24.4 Å². The average molecular weight is 276 g/mol. The molecule has 1 aromatic heterocycles. The molecule has 0 aliphatic carbocycles. The molecule has 0 fully saturated rings. The highest BCUT2D eigenvalue weighted by Gasteiger charge is 2.15. The van der Waals surface area contributed by atoms with Gasteiger partial charge in [0, 0.05) is 13.3 Å². The zero-order valence-electron chi connectivity index (χ0n) is 11.4. The third-order valence-corrected chi connectivity index (χ3v) is 3.54. The fourth-order valence-corrected chi connectivity index (χ4v) is 2.69. The van der Waals surface area contributed by atoms with E-state index in [1.165, 1.54) is 5.56 Å². The number of methoxy groups -OCH3 is 1. The second-order valence-corrected chi connectivity index (χ2v) is 5.00. The number of nitrogens with zero attached hydrogens (tertiary/aromatic N) is 1. The number of H-pyrrole nitrogens is 1. The van der Waals surface area contributed by atoms with Gasteiger partial charge in [0.2, 0.25) is 0 Å². The lowest BCUT2D eigenvalue weighted by atomic mass is 10.1. The van der Waals surface area contributed by atoms with Crippen LogP contribution in [0.25, 0.3) is 11.3 Å². The molecule has 1 aromatic carbocycles. The highest BCUT2D eigenvalue weighted by atomic mass is 32.1. The van der Waals surface area contributed by atoms with Gasteiger partial charge in [0.05, 0.1) is 18.3 Å². The number of imidazole rings is 1. The highest BCUT2D eigenvalue weighted by molar-refractivity contribution is 7.71. The Morgan fingerprint density at radius 3 is 2.68 bits per heavy atom. The summed E-state index contributed by atoms with van der Waals surface area (Å²) < 4.78 is 8.28. The normalized spacial score (nSPS) is 12.5. The maximum atomic E-state index is 5.43. The van der Waals surface area contributed by atoms with Crippen molar-refractivity contribution >= 4 is 12.2 Å². The molecule has 2 rings (SSSR count). The van der Waals surface area contributed by atoms with Crippen LogP contribution in [-0.4, -0.2) is 23.3 Å². The molecule has 0 bridgehead atoms. The molecule has 0 aliphatic rings. The van der Waals surface area contributed by atoms with E-state index >= 15 is 0 Å². The second-order valence-electron chi connectivity index (χ2n) is 4.61. The standard InChI is InChI=1S/C15H20N2OS/c1-3-7-13(11-18-2)17-14(10-16-15(17)19)12-8-5-4-6-9-12/h4-6,8-10,13H,3,7,11H2,1-2H3,(H,16,19). The van der Waals surface area contributed by atoms with Crippen LogP contribution < -0.4 is 0 Å². The van der Waals surface area contributed by atoms with E-state index in [-0.39, 0.29) is 6.04 Å². The third kappa shape index (κ3) is 3.14. The van der Waals surface area contributed by atoms with Crippen molar-refractivity contribution in [3.63, 3.8) is 0 Å².